The van der Waals surface area contributed by atoms with Crippen molar-refractivity contribution in [3.8, 4) is 5.88 Å². The van der Waals surface area contributed by atoms with Gasteiger partial charge in [0.25, 0.3) is 5.62 Å². The van der Waals surface area contributed by atoms with Crippen molar-refractivity contribution in [2.45, 2.75) is 38.3 Å². The van der Waals surface area contributed by atoms with Crippen molar-refractivity contribution in [1.29, 1.82) is 0 Å². The summed E-state index contributed by atoms with van der Waals surface area (Å²) in [5, 5.41) is 18.4. The Hall–Kier alpha value is -3.25. The largest absolute Gasteiger partial charge is 0.493 e. The number of aromatic nitrogens is 6. The Morgan fingerprint density at radius 3 is 2.78 bits per heavy atom. The summed E-state index contributed by atoms with van der Waals surface area (Å²) in [6.45, 7) is 8.31. The monoisotopic (exact) mass is 441 g/mol. The van der Waals surface area contributed by atoms with Gasteiger partial charge in [-0.3, -0.25) is 9.88 Å². The number of rotatable bonds is 6. The van der Waals surface area contributed by atoms with E-state index in [2.05, 4.69) is 44.1 Å². The standard InChI is InChI=1S/C20H27N9O3/c1-20(2,11-28-5-7-32-8-6-28)27-17-24-15-12(9-14-16(30)25-19(31)23-14)10-21-29(15)18(26-17)22-13-3-4-13/h9-10,13,30H,3-8,11H2,1-2H3,(H,22,26,27)(H2,23,25,31)/b12-9+. The molecule has 0 aromatic carbocycles. The highest BCUT2D eigenvalue weighted by atomic mass is 16.5. The minimum atomic E-state index is -0.489. The van der Waals surface area contributed by atoms with Gasteiger partial charge in [-0.2, -0.15) is 19.6 Å². The highest BCUT2D eigenvalue weighted by Crippen LogP contribution is 2.22. The van der Waals surface area contributed by atoms with E-state index >= 15 is 0 Å². The number of hydrogen-bond acceptors (Lipinski definition) is 9. The molecule has 32 heavy (non-hydrogen) atoms. The number of H-pyrrole nitrogens is 2. The molecule has 12 heteroatoms. The maximum Gasteiger partial charge on any atom is 0.326 e. The Morgan fingerprint density at radius 1 is 1.31 bits per heavy atom. The molecule has 0 spiro atoms. The van der Waals surface area contributed by atoms with E-state index in [1.807, 2.05) is 0 Å². The van der Waals surface area contributed by atoms with E-state index in [0.29, 0.717) is 22.4 Å². The molecule has 1 aliphatic carbocycles. The minimum Gasteiger partial charge on any atom is -0.493 e. The lowest BCUT2D eigenvalue weighted by atomic mass is 10.1. The maximum atomic E-state index is 11.5. The molecule has 0 atom stereocenters. The number of hydrogen-bond donors (Lipinski definition) is 4. The van der Waals surface area contributed by atoms with Crippen molar-refractivity contribution in [2.75, 3.05) is 38.2 Å². The molecule has 4 heterocycles. The number of imidazole rings is 1. The van der Waals surface area contributed by atoms with E-state index < -0.39 is 5.69 Å². The lowest BCUT2D eigenvalue weighted by Crippen LogP contribution is -2.48. The Balaban J connectivity index is 1.54. The van der Waals surface area contributed by atoms with Gasteiger partial charge in [-0.1, -0.05) is 0 Å². The van der Waals surface area contributed by atoms with E-state index in [4.69, 9.17) is 14.7 Å². The van der Waals surface area contributed by atoms with Gasteiger partial charge in [-0.25, -0.2) is 9.79 Å². The Morgan fingerprint density at radius 2 is 2.09 bits per heavy atom. The van der Waals surface area contributed by atoms with Crippen LogP contribution >= 0.6 is 0 Å². The first-order valence-electron chi connectivity index (χ1n) is 10.8. The lowest BCUT2D eigenvalue weighted by molar-refractivity contribution is 0.0316. The van der Waals surface area contributed by atoms with Crippen LogP contribution in [-0.2, 0) is 4.74 Å². The summed E-state index contributed by atoms with van der Waals surface area (Å²) in [5.41, 5.74) is 0.489. The second kappa shape index (κ2) is 8.02. The number of nitrogens with zero attached hydrogens (tertiary/aromatic N) is 6. The average molecular weight is 441 g/mol. The van der Waals surface area contributed by atoms with E-state index in [1.54, 1.807) is 16.8 Å². The molecule has 4 N–H and O–H groups in total. The predicted octanol–water partition coefficient (Wildman–Crippen LogP) is -1.02. The van der Waals surface area contributed by atoms with Crippen LogP contribution in [0, 0.1) is 0 Å². The lowest BCUT2D eigenvalue weighted by Gasteiger charge is -2.35. The summed E-state index contributed by atoms with van der Waals surface area (Å²) in [4.78, 5) is 32.7. The number of aromatic hydroxyl groups is 1. The number of nitrogens with one attached hydrogen (secondary N) is 3. The van der Waals surface area contributed by atoms with Gasteiger partial charge in [0.2, 0.25) is 11.8 Å². The Kier molecular flexibility index (Phi) is 5.18. The maximum absolute atomic E-state index is 11.5. The number of aromatic amines is 2. The van der Waals surface area contributed by atoms with Gasteiger partial charge >= 0.3 is 5.69 Å². The van der Waals surface area contributed by atoms with Crippen LogP contribution in [0.4, 0.5) is 5.95 Å². The van der Waals surface area contributed by atoms with Gasteiger partial charge in [0.15, 0.2) is 5.65 Å². The van der Waals surface area contributed by atoms with Crippen molar-refractivity contribution in [3.05, 3.63) is 33.2 Å². The van der Waals surface area contributed by atoms with Crippen LogP contribution in [0.3, 0.4) is 0 Å². The smallest absolute Gasteiger partial charge is 0.326 e. The van der Waals surface area contributed by atoms with Crippen LogP contribution < -0.4 is 21.8 Å². The predicted molar refractivity (Wildman–Crippen MR) is 116 cm³/mol. The summed E-state index contributed by atoms with van der Waals surface area (Å²) >= 11 is 0. The van der Waals surface area contributed by atoms with Crippen molar-refractivity contribution in [2.24, 2.45) is 4.99 Å². The fourth-order valence-electron chi connectivity index (χ4n) is 3.80. The van der Waals surface area contributed by atoms with E-state index in [-0.39, 0.29) is 23.2 Å². The van der Waals surface area contributed by atoms with Gasteiger partial charge in [0.1, 0.15) is 5.69 Å². The molecule has 5 rings (SSSR count). The molecule has 12 nitrogen and oxygen atoms in total. The fraction of sp³-hybridized carbons (Fsp3) is 0.550. The summed E-state index contributed by atoms with van der Waals surface area (Å²) in [6, 6.07) is 0.254. The molecule has 0 unspecified atom stereocenters. The summed E-state index contributed by atoms with van der Waals surface area (Å²) in [6.07, 6.45) is 5.31. The molecule has 170 valence electrons. The molecule has 0 bridgehead atoms. The molecule has 1 saturated heterocycles. The quantitative estimate of drug-likeness (QED) is 0.380. The topological polar surface area (TPSA) is 149 Å². The average Bonchev–Trinajstić information content (AvgIpc) is 3.37. The first kappa shape index (κ1) is 20.6. The van der Waals surface area contributed by atoms with Gasteiger partial charge in [-0.05, 0) is 32.8 Å². The van der Waals surface area contributed by atoms with Crippen molar-refractivity contribution >= 4 is 17.7 Å². The third kappa shape index (κ3) is 4.50. The van der Waals surface area contributed by atoms with E-state index in [0.717, 1.165) is 45.7 Å². The molecule has 0 radical (unpaired) electrons. The normalized spacial score (nSPS) is 19.2. The minimum absolute atomic E-state index is 0.240. The molecular formula is C20H27N9O3. The highest BCUT2D eigenvalue weighted by Gasteiger charge is 2.25. The second-order valence-corrected chi connectivity index (χ2v) is 8.93. The number of morpholine rings is 1. The van der Waals surface area contributed by atoms with Gasteiger partial charge in [-0.15, -0.1) is 0 Å². The highest BCUT2D eigenvalue weighted by molar-refractivity contribution is 5.57. The van der Waals surface area contributed by atoms with Gasteiger partial charge < -0.3 is 20.1 Å². The van der Waals surface area contributed by atoms with Crippen molar-refractivity contribution < 1.29 is 9.84 Å². The molecule has 2 aliphatic rings. The Bertz CT molecular complexity index is 1300. The van der Waals surface area contributed by atoms with Crippen LogP contribution in [0.5, 0.6) is 5.88 Å². The molecule has 1 saturated carbocycles. The number of fused-ring (bicyclic) bond motifs is 1. The van der Waals surface area contributed by atoms with Crippen molar-refractivity contribution in [1.82, 2.24) is 34.4 Å². The van der Waals surface area contributed by atoms with E-state index in [1.165, 1.54) is 0 Å². The first-order valence-corrected chi connectivity index (χ1v) is 10.8. The third-order valence-electron chi connectivity index (χ3n) is 5.43. The van der Waals surface area contributed by atoms with Crippen LogP contribution in [-0.4, -0.2) is 84.0 Å². The molecule has 3 aromatic heterocycles. The zero-order valence-electron chi connectivity index (χ0n) is 18.1. The zero-order valence-corrected chi connectivity index (χ0v) is 18.1. The Labute approximate surface area is 183 Å². The third-order valence-corrected chi connectivity index (χ3v) is 5.43. The molecule has 2 fully saturated rings. The first-order chi connectivity index (χ1) is 15.4. The zero-order chi connectivity index (χ0) is 22.3. The molecule has 3 aromatic rings. The SMILES string of the molecule is CC(C)(CN1CCOCC1)Nc1nc(=NC2CC2)n2nc/c(=C\c3[nH]c(=O)[nH]c3O)c2n1. The van der Waals surface area contributed by atoms with Crippen LogP contribution in [0.25, 0.3) is 11.7 Å². The summed E-state index contributed by atoms with van der Waals surface area (Å²) < 4.78 is 7.04. The fourth-order valence-corrected chi connectivity index (χ4v) is 3.80. The summed E-state index contributed by atoms with van der Waals surface area (Å²) in [7, 11) is 0. The van der Waals surface area contributed by atoms with Crippen LogP contribution in [0.15, 0.2) is 16.0 Å². The van der Waals surface area contributed by atoms with Crippen LogP contribution in [0.2, 0.25) is 0 Å². The van der Waals surface area contributed by atoms with E-state index in [9.17, 15) is 9.90 Å². The number of ether oxygens (including phenoxy) is 1. The number of anilines is 1. The van der Waals surface area contributed by atoms with Gasteiger partial charge in [0.05, 0.1) is 25.5 Å². The molecule has 1 aliphatic heterocycles. The molecular weight excluding hydrogens is 414 g/mol. The van der Waals surface area contributed by atoms with Gasteiger partial charge in [0, 0.05) is 30.4 Å². The summed E-state index contributed by atoms with van der Waals surface area (Å²) in [5.74, 6) is 0.216. The van der Waals surface area contributed by atoms with Crippen molar-refractivity contribution in [3.63, 3.8) is 0 Å². The second-order valence-electron chi connectivity index (χ2n) is 8.93. The molecule has 0 amide bonds. The van der Waals surface area contributed by atoms with Crippen LogP contribution in [0.1, 0.15) is 32.4 Å².